The molecule has 0 aromatic carbocycles. The normalized spacial score (nSPS) is 28.2. The maximum absolute atomic E-state index is 10.8. The molecule has 4 atom stereocenters. The van der Waals surface area contributed by atoms with E-state index in [1.807, 2.05) is 0 Å². The van der Waals surface area contributed by atoms with Gasteiger partial charge in [-0.1, -0.05) is 64.3 Å². The van der Waals surface area contributed by atoms with Crippen molar-refractivity contribution < 1.29 is 59.1 Å². The SMILES string of the molecule is C1=CC2C=CC1C2.C1CCC([PH+](C2CCCCC2)C2CCCC2)CC1.CC(C)[C@@H]1CC[C@@H](C)C[C@H]1[PH+](O)C1CCCC1.FB(F)F.[CH3-].[CH3-].[CH3-].[CH3-].[F-].[Fe+2].[Rh+3]. The van der Waals surface area contributed by atoms with Gasteiger partial charge in [-0.05, 0) is 146 Å². The second-order valence-corrected chi connectivity index (χ2v) is 22.4. The Morgan fingerprint density at radius 1 is 0.566 bits per heavy atom. The average molecular weight is 923 g/mol. The fraction of sp³-hybridized carbons (Fsp3) is 0.814. The van der Waals surface area contributed by atoms with Crippen molar-refractivity contribution >= 4 is 23.6 Å². The summed E-state index contributed by atoms with van der Waals surface area (Å²) in [7, 11) is -4.78. The van der Waals surface area contributed by atoms with Crippen LogP contribution in [0.15, 0.2) is 24.3 Å². The molecule has 316 valence electrons. The molecule has 0 aromatic rings. The van der Waals surface area contributed by atoms with Gasteiger partial charge in [0.05, 0.1) is 28.3 Å². The van der Waals surface area contributed by atoms with E-state index in [0.717, 1.165) is 35.2 Å². The molecule has 5 saturated carbocycles. The molecule has 7 aliphatic rings. The van der Waals surface area contributed by atoms with Crippen molar-refractivity contribution in [3.63, 3.8) is 0 Å². The van der Waals surface area contributed by atoms with Crippen LogP contribution in [-0.4, -0.2) is 40.7 Å². The maximum atomic E-state index is 10.8. The van der Waals surface area contributed by atoms with Crippen molar-refractivity contribution in [1.29, 1.82) is 0 Å². The van der Waals surface area contributed by atoms with Crippen LogP contribution in [0.25, 0.3) is 0 Å². The zero-order chi connectivity index (χ0) is 32.9. The van der Waals surface area contributed by atoms with Gasteiger partial charge in [0.15, 0.2) is 0 Å². The third kappa shape index (κ3) is 20.7. The number of rotatable bonds is 6. The summed E-state index contributed by atoms with van der Waals surface area (Å²) in [4.78, 5) is 10.8. The van der Waals surface area contributed by atoms with Crippen LogP contribution in [0.4, 0.5) is 12.9 Å². The minimum Gasteiger partial charge on any atom is -1.00 e. The molecular weight excluding hydrogens is 840 g/mol. The van der Waals surface area contributed by atoms with Gasteiger partial charge in [-0.25, -0.2) is 0 Å². The molecule has 5 fully saturated rings. The van der Waals surface area contributed by atoms with Crippen molar-refractivity contribution in [2.75, 3.05) is 0 Å². The molecule has 0 amide bonds. The fourth-order valence-corrected chi connectivity index (χ4v) is 19.0. The van der Waals surface area contributed by atoms with E-state index in [-0.39, 0.29) is 78.9 Å². The van der Waals surface area contributed by atoms with Gasteiger partial charge in [0, 0.05) is 13.8 Å². The number of halogens is 4. The zero-order valence-electron chi connectivity index (χ0n) is 34.9. The summed E-state index contributed by atoms with van der Waals surface area (Å²) in [6.45, 7) is 7.10. The Labute approximate surface area is 354 Å². The standard InChI is InChI=1S/C17H31P.C15H29OP.C7H8.4CH3.BF3.FH.Fe.Rh/c1-3-9-15(10-4-1)18(17-13-7-8-14-17)16-11-5-2-6-12-16;1-11(2)14-9-8-12(3)10-15(14)17(16)13-6-4-5-7-13;1-2-7-4-3-6(1)5-7;;;;;2-1(3)4;;;/h15-17H,1-14H2;11-16H,4-10H2,1-3H3;1-4,6-7H,5H2;4*1H3;;1H;;/q;;;4*-1;;;+2;+3/p+1/t;12-,14+,15-,17?;;;;;;;;;/m.1........./s1. The Hall–Kier alpha value is 1.23. The van der Waals surface area contributed by atoms with E-state index in [0.29, 0.717) is 5.66 Å². The molecule has 7 aliphatic carbocycles. The smallest absolute Gasteiger partial charge is 1.00 e. The van der Waals surface area contributed by atoms with Gasteiger partial charge in [0.2, 0.25) is 0 Å². The first kappa shape index (κ1) is 60.9. The molecule has 0 aromatic heterocycles. The third-order valence-electron chi connectivity index (χ3n) is 12.9. The Morgan fingerprint density at radius 2 is 0.887 bits per heavy atom. The summed E-state index contributed by atoms with van der Waals surface area (Å²) in [5.74, 6) is 4.05. The minimum atomic E-state index is -3.67. The minimum absolute atomic E-state index is 0. The number of hydrogen-bond donors (Lipinski definition) is 1. The molecular formula is C43H82BF4FeOP2Rh+2. The molecule has 2 bridgehead atoms. The summed E-state index contributed by atoms with van der Waals surface area (Å²) in [6, 6.07) is 0. The van der Waals surface area contributed by atoms with E-state index in [2.05, 4.69) is 45.1 Å². The summed E-state index contributed by atoms with van der Waals surface area (Å²) in [6.07, 6.45) is 42.2. The molecule has 0 spiro atoms. The van der Waals surface area contributed by atoms with Gasteiger partial charge in [0.1, 0.15) is 8.15 Å². The van der Waals surface area contributed by atoms with Crippen molar-refractivity contribution in [3.05, 3.63) is 54.0 Å². The van der Waals surface area contributed by atoms with Crippen LogP contribution in [0.5, 0.6) is 0 Å². The van der Waals surface area contributed by atoms with Crippen LogP contribution in [0.2, 0.25) is 0 Å². The summed E-state index contributed by atoms with van der Waals surface area (Å²) < 4.78 is 29.0. The van der Waals surface area contributed by atoms with Crippen molar-refractivity contribution in [2.24, 2.45) is 29.6 Å². The van der Waals surface area contributed by atoms with Gasteiger partial charge in [0.25, 0.3) is 0 Å². The number of hydrogen-bond acceptors (Lipinski definition) is 1. The van der Waals surface area contributed by atoms with Gasteiger partial charge < -0.3 is 34.4 Å². The van der Waals surface area contributed by atoms with E-state index >= 15 is 0 Å². The molecule has 1 N–H and O–H groups in total. The molecule has 1 unspecified atom stereocenters. The van der Waals surface area contributed by atoms with Crippen LogP contribution in [0.3, 0.4) is 0 Å². The van der Waals surface area contributed by atoms with Gasteiger partial charge in [-0.2, -0.15) is 0 Å². The van der Waals surface area contributed by atoms with Crippen LogP contribution < -0.4 is 4.70 Å². The van der Waals surface area contributed by atoms with Gasteiger partial charge in [-0.3, -0.25) is 17.8 Å². The number of fused-ring (bicyclic) bond motifs is 2. The van der Waals surface area contributed by atoms with E-state index in [1.54, 1.807) is 89.9 Å². The predicted octanol–water partition coefficient (Wildman–Crippen LogP) is 11.7. The largest absolute Gasteiger partial charge is 3.00 e. The number of allylic oxidation sites excluding steroid dienone is 4. The topological polar surface area (TPSA) is 20.2 Å². The maximum Gasteiger partial charge on any atom is 3.00 e. The second kappa shape index (κ2) is 33.1. The molecule has 10 heteroatoms. The first-order valence-electron chi connectivity index (χ1n) is 19.9. The molecule has 0 radical (unpaired) electrons. The molecule has 0 aliphatic heterocycles. The van der Waals surface area contributed by atoms with E-state index in [1.165, 1.54) is 68.3 Å². The predicted molar refractivity (Wildman–Crippen MR) is 227 cm³/mol. The molecule has 53 heavy (non-hydrogen) atoms. The van der Waals surface area contributed by atoms with Crippen LogP contribution in [0, 0.1) is 59.3 Å². The fourth-order valence-electron chi connectivity index (χ4n) is 10.5. The Kier molecular flexibility index (Phi) is 38.0. The molecule has 1 nitrogen and oxygen atoms in total. The van der Waals surface area contributed by atoms with Crippen LogP contribution in [0.1, 0.15) is 162 Å². The van der Waals surface area contributed by atoms with E-state index in [4.69, 9.17) is 0 Å². The van der Waals surface area contributed by atoms with Crippen molar-refractivity contribution in [1.82, 2.24) is 0 Å². The van der Waals surface area contributed by atoms with Crippen molar-refractivity contribution in [3.8, 4) is 0 Å². The first-order valence-corrected chi connectivity index (χ1v) is 23.3. The Bertz CT molecular complexity index is 849. The molecule has 7 rings (SSSR count). The summed E-state index contributed by atoms with van der Waals surface area (Å²) in [5.41, 5.74) is 5.11. The monoisotopic (exact) mass is 922 g/mol. The first-order chi connectivity index (χ1) is 22.2. The zero-order valence-corrected chi connectivity index (χ0v) is 39.6. The van der Waals surface area contributed by atoms with Crippen molar-refractivity contribution in [2.45, 2.75) is 190 Å². The van der Waals surface area contributed by atoms with E-state index < -0.39 is 15.7 Å². The Balaban J connectivity index is -0.000000320. The van der Waals surface area contributed by atoms with Gasteiger partial charge in [-0.15, -0.1) is 0 Å². The van der Waals surface area contributed by atoms with Crippen LogP contribution >= 0.6 is 16.1 Å². The molecule has 0 heterocycles. The van der Waals surface area contributed by atoms with Crippen LogP contribution in [-0.2, 0) is 36.5 Å². The van der Waals surface area contributed by atoms with E-state index in [9.17, 15) is 17.8 Å². The summed E-state index contributed by atoms with van der Waals surface area (Å²) in [5, 5.41) is 0. The summed E-state index contributed by atoms with van der Waals surface area (Å²) >= 11 is 0. The quantitative estimate of drug-likeness (QED) is 0.0925. The second-order valence-electron chi connectivity index (χ2n) is 16.6. The average Bonchev–Trinajstić information content (AvgIpc) is 3.90. The molecule has 0 saturated heterocycles. The Morgan fingerprint density at radius 3 is 1.19 bits per heavy atom. The van der Waals surface area contributed by atoms with Gasteiger partial charge >= 0.3 is 44.1 Å². The third-order valence-corrected chi connectivity index (χ3v) is 20.3.